The number of aliphatic hydroxyl groups is 1. The zero-order chi connectivity index (χ0) is 9.76. The minimum atomic E-state index is -0.574. The summed E-state index contributed by atoms with van der Waals surface area (Å²) in [6.07, 6.45) is 1.74. The third-order valence-electron chi connectivity index (χ3n) is 2.91. The van der Waals surface area contributed by atoms with E-state index in [0.29, 0.717) is 0 Å². The molecular weight excluding hydrogens is 176 g/mol. The van der Waals surface area contributed by atoms with Crippen LogP contribution in [0.1, 0.15) is 24.2 Å². The highest BCUT2D eigenvalue weighted by Crippen LogP contribution is 2.47. The highest BCUT2D eigenvalue weighted by molar-refractivity contribution is 5.83. The van der Waals surface area contributed by atoms with Crippen molar-refractivity contribution in [1.82, 2.24) is 0 Å². The van der Waals surface area contributed by atoms with Crippen molar-refractivity contribution in [3.8, 4) is 0 Å². The van der Waals surface area contributed by atoms with Crippen LogP contribution in [-0.2, 0) is 5.60 Å². The van der Waals surface area contributed by atoms with Crippen LogP contribution >= 0.6 is 0 Å². The molecule has 14 heavy (non-hydrogen) atoms. The van der Waals surface area contributed by atoms with E-state index in [4.69, 9.17) is 4.42 Å². The molecular formula is C12H12O2. The van der Waals surface area contributed by atoms with Gasteiger partial charge >= 0.3 is 0 Å². The van der Waals surface area contributed by atoms with Crippen LogP contribution in [0.25, 0.3) is 11.0 Å². The molecule has 1 aromatic carbocycles. The Morgan fingerprint density at radius 2 is 2.14 bits per heavy atom. The summed E-state index contributed by atoms with van der Waals surface area (Å²) < 4.78 is 5.52. The molecule has 2 nitrogen and oxygen atoms in total. The summed E-state index contributed by atoms with van der Waals surface area (Å²) in [5.41, 5.74) is 1.32. The molecule has 0 spiro atoms. The fourth-order valence-electron chi connectivity index (χ4n) is 1.98. The van der Waals surface area contributed by atoms with E-state index in [1.165, 1.54) is 0 Å². The van der Waals surface area contributed by atoms with Gasteiger partial charge in [-0.25, -0.2) is 0 Å². The highest BCUT2D eigenvalue weighted by atomic mass is 16.3. The Hall–Kier alpha value is -1.28. The summed E-state index contributed by atoms with van der Waals surface area (Å²) in [5.74, 6) is 0.900. The largest absolute Gasteiger partial charge is 0.461 e. The van der Waals surface area contributed by atoms with Crippen LogP contribution in [0, 0.1) is 6.92 Å². The summed E-state index contributed by atoms with van der Waals surface area (Å²) in [5, 5.41) is 11.1. The third kappa shape index (κ3) is 1.01. The van der Waals surface area contributed by atoms with Crippen molar-refractivity contribution in [2.45, 2.75) is 25.4 Å². The van der Waals surface area contributed by atoms with Crippen LogP contribution in [0.4, 0.5) is 0 Å². The van der Waals surface area contributed by atoms with Gasteiger partial charge in [-0.15, -0.1) is 0 Å². The molecule has 3 rings (SSSR count). The second-order valence-electron chi connectivity index (χ2n) is 4.11. The molecule has 1 N–H and O–H groups in total. The first kappa shape index (κ1) is 8.06. The van der Waals surface area contributed by atoms with Crippen LogP contribution in [0.3, 0.4) is 0 Å². The fourth-order valence-corrected chi connectivity index (χ4v) is 1.98. The van der Waals surface area contributed by atoms with Gasteiger partial charge in [0.15, 0.2) is 0 Å². The van der Waals surface area contributed by atoms with Crippen molar-refractivity contribution in [2.24, 2.45) is 0 Å². The molecule has 1 aliphatic rings. The van der Waals surface area contributed by atoms with Crippen molar-refractivity contribution in [1.29, 1.82) is 0 Å². The summed E-state index contributed by atoms with van der Waals surface area (Å²) in [4.78, 5) is 0. The predicted molar refractivity (Wildman–Crippen MR) is 54.1 cm³/mol. The van der Waals surface area contributed by atoms with Crippen molar-refractivity contribution in [3.63, 3.8) is 0 Å². The molecule has 0 radical (unpaired) electrons. The lowest BCUT2D eigenvalue weighted by Gasteiger charge is -2.07. The zero-order valence-electron chi connectivity index (χ0n) is 8.08. The Morgan fingerprint density at radius 3 is 2.86 bits per heavy atom. The molecule has 1 saturated carbocycles. The zero-order valence-corrected chi connectivity index (χ0v) is 8.08. The van der Waals surface area contributed by atoms with Crippen LogP contribution < -0.4 is 0 Å². The molecule has 2 aromatic rings. The van der Waals surface area contributed by atoms with Gasteiger partial charge < -0.3 is 9.52 Å². The van der Waals surface area contributed by atoms with Gasteiger partial charge in [0, 0.05) is 5.39 Å². The molecule has 0 aliphatic heterocycles. The van der Waals surface area contributed by atoms with Gasteiger partial charge in [0.1, 0.15) is 11.3 Å². The summed E-state index contributed by atoms with van der Waals surface area (Å²) in [6.45, 7) is 1.93. The number of benzene rings is 1. The lowest BCUT2D eigenvalue weighted by Crippen LogP contribution is -2.03. The topological polar surface area (TPSA) is 33.4 Å². The molecule has 1 heterocycles. The maximum absolute atomic E-state index is 10.1. The van der Waals surface area contributed by atoms with Crippen molar-refractivity contribution >= 4 is 11.0 Å². The highest BCUT2D eigenvalue weighted by Gasteiger charge is 2.43. The third-order valence-corrected chi connectivity index (χ3v) is 2.91. The number of furan rings is 1. The second-order valence-corrected chi connectivity index (χ2v) is 4.11. The molecule has 0 amide bonds. The Kier molecular flexibility index (Phi) is 1.38. The van der Waals surface area contributed by atoms with Gasteiger partial charge in [-0.05, 0) is 37.5 Å². The van der Waals surface area contributed by atoms with Crippen molar-refractivity contribution in [2.75, 3.05) is 0 Å². The van der Waals surface area contributed by atoms with E-state index in [0.717, 1.165) is 35.1 Å². The number of fused-ring (bicyclic) bond motifs is 1. The standard InChI is InChI=1S/C12H12O2/c1-8-7-9-10(12(13)5-6-12)3-2-4-11(9)14-8/h2-4,7,13H,5-6H2,1H3. The molecule has 2 heteroatoms. The maximum atomic E-state index is 10.1. The summed E-state index contributed by atoms with van der Waals surface area (Å²) in [7, 11) is 0. The second kappa shape index (κ2) is 2.39. The molecule has 1 aliphatic carbocycles. The Bertz CT molecular complexity index is 492. The Morgan fingerprint density at radius 1 is 1.36 bits per heavy atom. The maximum Gasteiger partial charge on any atom is 0.134 e. The first-order valence-corrected chi connectivity index (χ1v) is 4.91. The van der Waals surface area contributed by atoms with E-state index in [-0.39, 0.29) is 0 Å². The van der Waals surface area contributed by atoms with E-state index in [9.17, 15) is 5.11 Å². The molecule has 72 valence electrons. The van der Waals surface area contributed by atoms with Gasteiger partial charge in [0.05, 0.1) is 5.60 Å². The van der Waals surface area contributed by atoms with E-state index in [1.54, 1.807) is 0 Å². The van der Waals surface area contributed by atoms with E-state index < -0.39 is 5.60 Å². The SMILES string of the molecule is Cc1cc2c(C3(O)CC3)cccc2o1. The predicted octanol–water partition coefficient (Wildman–Crippen LogP) is 2.72. The van der Waals surface area contributed by atoms with E-state index >= 15 is 0 Å². The molecule has 0 bridgehead atoms. The van der Waals surface area contributed by atoms with Gasteiger partial charge in [0.25, 0.3) is 0 Å². The minimum Gasteiger partial charge on any atom is -0.461 e. The lowest BCUT2D eigenvalue weighted by molar-refractivity contribution is 0.153. The number of hydrogen-bond donors (Lipinski definition) is 1. The van der Waals surface area contributed by atoms with Crippen molar-refractivity contribution in [3.05, 3.63) is 35.6 Å². The average Bonchev–Trinajstić information content (AvgIpc) is 2.78. The molecule has 1 fully saturated rings. The fraction of sp³-hybridized carbons (Fsp3) is 0.333. The first-order chi connectivity index (χ1) is 6.69. The van der Waals surface area contributed by atoms with Crippen molar-refractivity contribution < 1.29 is 9.52 Å². The quantitative estimate of drug-likeness (QED) is 0.746. The summed E-state index contributed by atoms with van der Waals surface area (Å²) in [6, 6.07) is 7.87. The molecule has 0 unspecified atom stereocenters. The summed E-state index contributed by atoms with van der Waals surface area (Å²) >= 11 is 0. The van der Waals surface area contributed by atoms with E-state index in [2.05, 4.69) is 0 Å². The van der Waals surface area contributed by atoms with Gasteiger partial charge in [-0.1, -0.05) is 12.1 Å². The lowest BCUT2D eigenvalue weighted by atomic mass is 10.0. The minimum absolute atomic E-state index is 0.574. The van der Waals surface area contributed by atoms with Crippen LogP contribution in [-0.4, -0.2) is 5.11 Å². The van der Waals surface area contributed by atoms with Crippen LogP contribution in [0.15, 0.2) is 28.7 Å². The van der Waals surface area contributed by atoms with E-state index in [1.807, 2.05) is 31.2 Å². The smallest absolute Gasteiger partial charge is 0.134 e. The molecule has 1 aromatic heterocycles. The van der Waals surface area contributed by atoms with Gasteiger partial charge in [0.2, 0.25) is 0 Å². The molecule has 0 atom stereocenters. The number of aryl methyl sites for hydroxylation is 1. The van der Waals surface area contributed by atoms with Crippen LogP contribution in [0.5, 0.6) is 0 Å². The Balaban J connectivity index is 2.32. The van der Waals surface area contributed by atoms with Crippen LogP contribution in [0.2, 0.25) is 0 Å². The number of rotatable bonds is 1. The normalized spacial score (nSPS) is 18.7. The molecule has 0 saturated heterocycles. The van der Waals surface area contributed by atoms with Gasteiger partial charge in [-0.2, -0.15) is 0 Å². The first-order valence-electron chi connectivity index (χ1n) is 4.91. The monoisotopic (exact) mass is 188 g/mol. The number of hydrogen-bond acceptors (Lipinski definition) is 2. The Labute approximate surface area is 82.2 Å². The average molecular weight is 188 g/mol. The van der Waals surface area contributed by atoms with Gasteiger partial charge in [-0.3, -0.25) is 0 Å².